The Balaban J connectivity index is 1.35. The van der Waals surface area contributed by atoms with Crippen molar-refractivity contribution in [2.45, 2.75) is 123 Å². The first-order valence-electron chi connectivity index (χ1n) is 14.7. The summed E-state index contributed by atoms with van der Waals surface area (Å²) >= 11 is 0. The summed E-state index contributed by atoms with van der Waals surface area (Å²) in [5.74, 6) is 3.80. The molecule has 0 unspecified atom stereocenters. The van der Waals surface area contributed by atoms with Gasteiger partial charge in [0.15, 0.2) is 5.79 Å². The minimum atomic E-state index is -0.485. The summed E-state index contributed by atoms with van der Waals surface area (Å²) in [6, 6.07) is 0.570. The molecule has 6 fully saturated rings. The number of Topliss-reactive ketones (excluding diaryl/α,β-unsaturated/α-hetero) is 1. The maximum Gasteiger partial charge on any atom is 0.166 e. The molecule has 0 aromatic heterocycles. The normalized spacial score (nSPS) is 54.1. The number of hydrogen-bond acceptors (Lipinski definition) is 4. The van der Waals surface area contributed by atoms with E-state index in [2.05, 4.69) is 33.0 Å². The van der Waals surface area contributed by atoms with Gasteiger partial charge in [0.1, 0.15) is 5.78 Å². The van der Waals surface area contributed by atoms with Gasteiger partial charge in [-0.05, 0) is 106 Å². The number of nitrogens with one attached hydrogen (secondary N) is 1. The topological polar surface area (TPSA) is 47.6 Å². The third-order valence-corrected chi connectivity index (χ3v) is 12.6. The molecule has 6 bridgehead atoms. The van der Waals surface area contributed by atoms with Crippen LogP contribution in [-0.4, -0.2) is 36.9 Å². The van der Waals surface area contributed by atoms with Crippen LogP contribution in [0.25, 0.3) is 0 Å². The number of piperidine rings is 1. The highest BCUT2D eigenvalue weighted by atomic mass is 16.7. The molecule has 0 aromatic rings. The first-order chi connectivity index (χ1) is 16.1. The number of ether oxygens (including phenoxy) is 2. The van der Waals surface area contributed by atoms with E-state index >= 15 is 0 Å². The van der Waals surface area contributed by atoms with Gasteiger partial charge in [0.25, 0.3) is 0 Å². The second-order valence-electron chi connectivity index (χ2n) is 14.3. The highest BCUT2D eigenvalue weighted by Crippen LogP contribution is 2.70. The van der Waals surface area contributed by atoms with Crippen molar-refractivity contribution in [2.75, 3.05) is 13.2 Å². The lowest BCUT2D eigenvalue weighted by Crippen LogP contribution is -2.71. The summed E-state index contributed by atoms with van der Waals surface area (Å²) in [4.78, 5) is 14.0. The van der Waals surface area contributed by atoms with Crippen LogP contribution in [0.5, 0.6) is 0 Å². The fourth-order valence-electron chi connectivity index (χ4n) is 10.5. The first kappa shape index (κ1) is 23.9. The van der Waals surface area contributed by atoms with E-state index < -0.39 is 11.2 Å². The Bertz CT molecular complexity index is 828. The van der Waals surface area contributed by atoms with Crippen molar-refractivity contribution >= 4 is 5.78 Å². The average molecular weight is 472 g/mol. The third-order valence-electron chi connectivity index (χ3n) is 12.6. The molecule has 3 heterocycles. The summed E-state index contributed by atoms with van der Waals surface area (Å²) < 4.78 is 12.4. The minimum Gasteiger partial charge on any atom is -0.349 e. The predicted molar refractivity (Wildman–Crippen MR) is 134 cm³/mol. The lowest BCUT2D eigenvalue weighted by Gasteiger charge is -2.68. The van der Waals surface area contributed by atoms with Crippen LogP contribution in [0.15, 0.2) is 0 Å². The summed E-state index contributed by atoms with van der Waals surface area (Å²) in [5, 5.41) is 4.19. The zero-order valence-corrected chi connectivity index (χ0v) is 22.5. The molecule has 1 N–H and O–H groups in total. The minimum absolute atomic E-state index is 0.0281. The molecule has 6 rings (SSSR count). The molecule has 6 aliphatic rings. The van der Waals surface area contributed by atoms with Crippen molar-refractivity contribution in [1.29, 1.82) is 0 Å². The number of carbonyl (C=O) groups is 1. The Morgan fingerprint density at radius 1 is 1.03 bits per heavy atom. The second kappa shape index (κ2) is 8.02. The average Bonchev–Trinajstić information content (AvgIpc) is 3.39. The number of carbonyl (C=O) groups excluding carboxylic acids is 1. The SMILES string of the molecule is CC(C)[C@H]1CC[C@@]2(C)[C@@H]3CC[C@@H]4CCC[C@H]4[C@@]2(CCC(=O)[C@]2(C)CO[C@@]4(C)CC[C@@H]2O4)[C@H]1NC3. The molecular formula is C30H49NO3. The van der Waals surface area contributed by atoms with Gasteiger partial charge in [-0.2, -0.15) is 0 Å². The first-order valence-corrected chi connectivity index (χ1v) is 14.7. The monoisotopic (exact) mass is 471 g/mol. The van der Waals surface area contributed by atoms with Crippen molar-refractivity contribution in [1.82, 2.24) is 5.32 Å². The van der Waals surface area contributed by atoms with E-state index in [9.17, 15) is 4.79 Å². The number of ketones is 1. The summed E-state index contributed by atoms with van der Waals surface area (Å²) in [7, 11) is 0. The van der Waals surface area contributed by atoms with Gasteiger partial charge in [-0.1, -0.05) is 33.6 Å². The molecule has 0 spiro atoms. The van der Waals surface area contributed by atoms with Crippen LogP contribution >= 0.6 is 0 Å². The maximum atomic E-state index is 14.0. The summed E-state index contributed by atoms with van der Waals surface area (Å²) in [6.07, 6.45) is 13.4. The van der Waals surface area contributed by atoms with Gasteiger partial charge in [-0.25, -0.2) is 0 Å². The van der Waals surface area contributed by atoms with Gasteiger partial charge in [-0.15, -0.1) is 0 Å². The molecule has 3 aliphatic carbocycles. The Morgan fingerprint density at radius 3 is 2.65 bits per heavy atom. The third kappa shape index (κ3) is 3.16. The van der Waals surface area contributed by atoms with Crippen molar-refractivity contribution in [3.05, 3.63) is 0 Å². The van der Waals surface area contributed by atoms with E-state index in [-0.39, 0.29) is 11.5 Å². The molecule has 34 heavy (non-hydrogen) atoms. The van der Waals surface area contributed by atoms with E-state index in [1.54, 1.807) is 0 Å². The zero-order valence-electron chi connectivity index (χ0n) is 22.5. The highest BCUT2D eigenvalue weighted by Gasteiger charge is 2.68. The molecule has 0 amide bonds. The molecule has 3 saturated heterocycles. The number of fused-ring (bicyclic) bond motifs is 3. The number of hydrogen-bond donors (Lipinski definition) is 1. The molecule has 0 aromatic carbocycles. The Hall–Kier alpha value is -0.450. The lowest BCUT2D eigenvalue weighted by atomic mass is 9.40. The van der Waals surface area contributed by atoms with Gasteiger partial charge >= 0.3 is 0 Å². The Kier molecular flexibility index (Phi) is 5.64. The molecule has 4 nitrogen and oxygen atoms in total. The zero-order chi connectivity index (χ0) is 23.9. The summed E-state index contributed by atoms with van der Waals surface area (Å²) in [6.45, 7) is 13.5. The van der Waals surface area contributed by atoms with Crippen molar-refractivity contribution in [2.24, 2.45) is 45.8 Å². The molecule has 10 atom stereocenters. The number of rotatable bonds is 5. The van der Waals surface area contributed by atoms with Crippen LogP contribution in [-0.2, 0) is 14.3 Å². The highest BCUT2D eigenvalue weighted by molar-refractivity contribution is 5.85. The van der Waals surface area contributed by atoms with E-state index in [1.165, 1.54) is 51.5 Å². The van der Waals surface area contributed by atoms with Crippen molar-refractivity contribution in [3.8, 4) is 0 Å². The molecule has 0 radical (unpaired) electrons. The van der Waals surface area contributed by atoms with Crippen LogP contribution in [0, 0.1) is 45.8 Å². The van der Waals surface area contributed by atoms with Gasteiger partial charge in [0.2, 0.25) is 0 Å². The van der Waals surface area contributed by atoms with Crippen LogP contribution in [0.1, 0.15) is 105 Å². The van der Waals surface area contributed by atoms with E-state index in [0.717, 1.165) is 42.9 Å². The van der Waals surface area contributed by atoms with Crippen LogP contribution in [0.2, 0.25) is 0 Å². The smallest absolute Gasteiger partial charge is 0.166 e. The van der Waals surface area contributed by atoms with Gasteiger partial charge < -0.3 is 14.8 Å². The molecule has 3 aliphatic heterocycles. The van der Waals surface area contributed by atoms with Crippen LogP contribution in [0.4, 0.5) is 0 Å². The van der Waals surface area contributed by atoms with Crippen molar-refractivity contribution < 1.29 is 14.3 Å². The van der Waals surface area contributed by atoms with Gasteiger partial charge in [0, 0.05) is 18.9 Å². The quantitative estimate of drug-likeness (QED) is 0.524. The molecular weight excluding hydrogens is 422 g/mol. The fourth-order valence-corrected chi connectivity index (χ4v) is 10.5. The molecule has 4 heteroatoms. The van der Waals surface area contributed by atoms with Crippen LogP contribution < -0.4 is 5.32 Å². The standard InChI is InChI=1S/C30H49NO3/c1-19(2)22-11-14-28(4)21-10-9-20-7-6-8-23(20)30(28,26(22)31-17-21)16-12-24(32)27(3)18-33-29(5)15-13-25(27)34-29/h19-23,25-26,31H,6-18H2,1-5H3/t20-,21+,22+,23+,25-,26-,27-,28-,29+,30-/m0/s1. The van der Waals surface area contributed by atoms with Gasteiger partial charge in [-0.3, -0.25) is 4.79 Å². The van der Waals surface area contributed by atoms with E-state index in [0.29, 0.717) is 36.2 Å². The fraction of sp³-hybridized carbons (Fsp3) is 0.967. The Labute approximate surface area is 207 Å². The lowest BCUT2D eigenvalue weighted by molar-refractivity contribution is -0.282. The second-order valence-corrected chi connectivity index (χ2v) is 14.3. The van der Waals surface area contributed by atoms with E-state index in [1.807, 2.05) is 6.92 Å². The van der Waals surface area contributed by atoms with Crippen LogP contribution in [0.3, 0.4) is 0 Å². The molecule has 3 saturated carbocycles. The summed E-state index contributed by atoms with van der Waals surface area (Å²) in [5.41, 5.74) is 0.138. The predicted octanol–water partition coefficient (Wildman–Crippen LogP) is 6.12. The van der Waals surface area contributed by atoms with Gasteiger partial charge in [0.05, 0.1) is 18.1 Å². The maximum absolute atomic E-state index is 14.0. The molecule has 192 valence electrons. The largest absolute Gasteiger partial charge is 0.349 e. The Morgan fingerprint density at radius 2 is 1.85 bits per heavy atom. The van der Waals surface area contributed by atoms with E-state index in [4.69, 9.17) is 9.47 Å². The van der Waals surface area contributed by atoms with Crippen molar-refractivity contribution in [3.63, 3.8) is 0 Å².